The quantitative estimate of drug-likeness (QED) is 0.881. The lowest BCUT2D eigenvalue weighted by atomic mass is 10.2. The fraction of sp³-hybridized carbons (Fsp3) is 0.200. The highest BCUT2D eigenvalue weighted by Crippen LogP contribution is 2.18. The van der Waals surface area contributed by atoms with Gasteiger partial charge in [-0.15, -0.1) is 0 Å². The highest BCUT2D eigenvalue weighted by Gasteiger charge is 2.11. The molecule has 2 aromatic rings. The lowest BCUT2D eigenvalue weighted by molar-refractivity contribution is 0.0951. The monoisotopic (exact) mass is 323 g/mol. The predicted molar refractivity (Wildman–Crippen MR) is 86.0 cm³/mol. The summed E-state index contributed by atoms with van der Waals surface area (Å²) in [5.74, 6) is 0.384. The average molecular weight is 324 g/mol. The summed E-state index contributed by atoms with van der Waals surface area (Å²) in [7, 11) is 0. The van der Waals surface area contributed by atoms with Crippen LogP contribution in [0.15, 0.2) is 36.5 Å². The molecule has 6 heteroatoms. The van der Waals surface area contributed by atoms with Crippen molar-refractivity contribution in [3.63, 3.8) is 0 Å². The summed E-state index contributed by atoms with van der Waals surface area (Å²) in [6.45, 7) is 3.09. The third kappa shape index (κ3) is 4.34. The summed E-state index contributed by atoms with van der Waals surface area (Å²) in [6.07, 6.45) is 1.47. The van der Waals surface area contributed by atoms with Crippen molar-refractivity contribution in [1.82, 2.24) is 10.3 Å². The Kier molecular flexibility index (Phi) is 5.42. The Morgan fingerprint density at radius 2 is 1.95 bits per heavy atom. The normalized spacial score (nSPS) is 10.2. The van der Waals surface area contributed by atoms with Crippen LogP contribution in [-0.2, 0) is 6.54 Å². The Labute approximate surface area is 133 Å². The second-order valence-corrected chi connectivity index (χ2v) is 5.23. The summed E-state index contributed by atoms with van der Waals surface area (Å²) >= 11 is 11.8. The van der Waals surface area contributed by atoms with Crippen molar-refractivity contribution < 1.29 is 4.79 Å². The van der Waals surface area contributed by atoms with E-state index >= 15 is 0 Å². The van der Waals surface area contributed by atoms with Crippen molar-refractivity contribution in [2.75, 3.05) is 11.9 Å². The number of nitrogens with zero attached hydrogens (tertiary/aromatic N) is 1. The van der Waals surface area contributed by atoms with Crippen molar-refractivity contribution >= 4 is 34.9 Å². The maximum absolute atomic E-state index is 12.2. The van der Waals surface area contributed by atoms with Crippen molar-refractivity contribution in [1.29, 1.82) is 0 Å². The zero-order valence-electron chi connectivity index (χ0n) is 11.5. The molecule has 1 heterocycles. The molecule has 0 aliphatic carbocycles. The summed E-state index contributed by atoms with van der Waals surface area (Å²) in [5.41, 5.74) is 1.36. The van der Waals surface area contributed by atoms with E-state index in [9.17, 15) is 4.79 Å². The van der Waals surface area contributed by atoms with Gasteiger partial charge in [0.15, 0.2) is 0 Å². The lowest BCUT2D eigenvalue weighted by Crippen LogP contribution is -2.23. The Morgan fingerprint density at radius 3 is 2.62 bits per heavy atom. The molecule has 4 nitrogen and oxygen atoms in total. The molecule has 0 atom stereocenters. The molecule has 0 spiro atoms. The highest BCUT2D eigenvalue weighted by atomic mass is 35.5. The van der Waals surface area contributed by atoms with Crippen LogP contribution in [0.4, 0.5) is 5.82 Å². The molecule has 0 bridgehead atoms. The maximum atomic E-state index is 12.2. The Bertz CT molecular complexity index is 629. The van der Waals surface area contributed by atoms with Gasteiger partial charge in [-0.2, -0.15) is 0 Å². The summed E-state index contributed by atoms with van der Waals surface area (Å²) in [4.78, 5) is 16.3. The molecule has 1 aromatic carbocycles. The van der Waals surface area contributed by atoms with Gasteiger partial charge < -0.3 is 10.6 Å². The van der Waals surface area contributed by atoms with Gasteiger partial charge in [0, 0.05) is 24.3 Å². The molecular weight excluding hydrogens is 309 g/mol. The number of carbonyl (C=O) groups excluding carboxylic acids is 1. The maximum Gasteiger partial charge on any atom is 0.253 e. The third-order valence-corrected chi connectivity index (χ3v) is 3.38. The Morgan fingerprint density at radius 1 is 1.24 bits per heavy atom. The number of halogens is 2. The largest absolute Gasteiger partial charge is 0.370 e. The second-order valence-electron chi connectivity index (χ2n) is 4.39. The van der Waals surface area contributed by atoms with Crippen LogP contribution in [0, 0.1) is 0 Å². The number of nitrogens with one attached hydrogen (secondary N) is 2. The molecule has 0 saturated heterocycles. The number of benzene rings is 1. The van der Waals surface area contributed by atoms with Gasteiger partial charge in [-0.25, -0.2) is 4.98 Å². The highest BCUT2D eigenvalue weighted by molar-refractivity contribution is 6.33. The van der Waals surface area contributed by atoms with E-state index < -0.39 is 0 Å². The Hall–Kier alpha value is -1.78. The van der Waals surface area contributed by atoms with E-state index in [4.69, 9.17) is 23.2 Å². The summed E-state index contributed by atoms with van der Waals surface area (Å²) < 4.78 is 0. The van der Waals surface area contributed by atoms with Gasteiger partial charge in [-0.3, -0.25) is 4.79 Å². The summed E-state index contributed by atoms with van der Waals surface area (Å²) in [6, 6.07) is 8.93. The molecule has 0 aliphatic rings. The topological polar surface area (TPSA) is 54.0 Å². The molecule has 0 fully saturated rings. The van der Waals surface area contributed by atoms with Gasteiger partial charge in [0.1, 0.15) is 5.82 Å². The molecule has 1 amide bonds. The number of amides is 1. The molecule has 0 radical (unpaired) electrons. The van der Waals surface area contributed by atoms with Crippen LogP contribution in [-0.4, -0.2) is 17.4 Å². The smallest absolute Gasteiger partial charge is 0.253 e. The molecule has 2 rings (SSSR count). The fourth-order valence-corrected chi connectivity index (χ4v) is 2.09. The second kappa shape index (κ2) is 7.29. The minimum atomic E-state index is -0.239. The van der Waals surface area contributed by atoms with Crippen LogP contribution in [0.2, 0.25) is 10.0 Å². The van der Waals surface area contributed by atoms with Gasteiger partial charge in [0.2, 0.25) is 0 Å². The zero-order valence-corrected chi connectivity index (χ0v) is 13.0. The van der Waals surface area contributed by atoms with Crippen LogP contribution < -0.4 is 10.6 Å². The van der Waals surface area contributed by atoms with E-state index in [2.05, 4.69) is 15.6 Å². The van der Waals surface area contributed by atoms with E-state index in [1.165, 1.54) is 6.20 Å². The van der Waals surface area contributed by atoms with Crippen LogP contribution in [0.3, 0.4) is 0 Å². The SMILES string of the molecule is CCNc1cc(C(=O)NCc2ccc(Cl)cc2)c(Cl)cn1. The molecule has 0 unspecified atom stereocenters. The van der Waals surface area contributed by atoms with Gasteiger partial charge in [-0.1, -0.05) is 35.3 Å². The number of pyridine rings is 1. The van der Waals surface area contributed by atoms with Crippen LogP contribution >= 0.6 is 23.2 Å². The summed E-state index contributed by atoms with van der Waals surface area (Å²) in [5, 5.41) is 6.86. The number of hydrogen-bond acceptors (Lipinski definition) is 3. The Balaban J connectivity index is 2.05. The zero-order chi connectivity index (χ0) is 15.2. The third-order valence-electron chi connectivity index (χ3n) is 2.82. The first-order valence-electron chi connectivity index (χ1n) is 6.52. The van der Waals surface area contributed by atoms with Crippen LogP contribution in [0.5, 0.6) is 0 Å². The lowest BCUT2D eigenvalue weighted by Gasteiger charge is -2.09. The first kappa shape index (κ1) is 15.6. The molecule has 2 N–H and O–H groups in total. The minimum absolute atomic E-state index is 0.239. The first-order chi connectivity index (χ1) is 10.1. The van der Waals surface area contributed by atoms with E-state index in [0.717, 1.165) is 12.1 Å². The molecule has 0 saturated carbocycles. The van der Waals surface area contributed by atoms with Crippen LogP contribution in [0.25, 0.3) is 0 Å². The van der Waals surface area contributed by atoms with Crippen molar-refractivity contribution in [3.8, 4) is 0 Å². The predicted octanol–water partition coefficient (Wildman–Crippen LogP) is 3.75. The molecule has 1 aromatic heterocycles. The van der Waals surface area contributed by atoms with E-state index in [1.54, 1.807) is 18.2 Å². The number of anilines is 1. The molecule has 0 aliphatic heterocycles. The number of carbonyl (C=O) groups is 1. The van der Waals surface area contributed by atoms with Gasteiger partial charge >= 0.3 is 0 Å². The standard InChI is InChI=1S/C15H15Cl2N3O/c1-2-18-14-7-12(13(17)9-19-14)15(21)20-8-10-3-5-11(16)6-4-10/h3-7,9H,2,8H2,1H3,(H,18,19)(H,20,21). The van der Waals surface area contributed by atoms with Crippen molar-refractivity contribution in [2.24, 2.45) is 0 Å². The van der Waals surface area contributed by atoms with E-state index in [0.29, 0.717) is 28.0 Å². The van der Waals surface area contributed by atoms with Gasteiger partial charge in [0.05, 0.1) is 10.6 Å². The van der Waals surface area contributed by atoms with Gasteiger partial charge in [0.25, 0.3) is 5.91 Å². The number of rotatable bonds is 5. The van der Waals surface area contributed by atoms with E-state index in [1.807, 2.05) is 19.1 Å². The molecule has 21 heavy (non-hydrogen) atoms. The molecular formula is C15H15Cl2N3O. The number of aromatic nitrogens is 1. The van der Waals surface area contributed by atoms with Crippen LogP contribution in [0.1, 0.15) is 22.8 Å². The molecule has 110 valence electrons. The number of hydrogen-bond donors (Lipinski definition) is 2. The van der Waals surface area contributed by atoms with Crippen molar-refractivity contribution in [3.05, 3.63) is 57.7 Å². The van der Waals surface area contributed by atoms with Gasteiger partial charge in [-0.05, 0) is 30.7 Å². The minimum Gasteiger partial charge on any atom is -0.370 e. The first-order valence-corrected chi connectivity index (χ1v) is 7.27. The van der Waals surface area contributed by atoms with Crippen molar-refractivity contribution in [2.45, 2.75) is 13.5 Å². The van der Waals surface area contributed by atoms with E-state index in [-0.39, 0.29) is 5.91 Å². The average Bonchev–Trinajstić information content (AvgIpc) is 2.48. The fourth-order valence-electron chi connectivity index (χ4n) is 1.77.